The molecule has 3 nitrogen and oxygen atoms in total. The zero-order valence-electron chi connectivity index (χ0n) is 12.1. The highest BCUT2D eigenvalue weighted by Crippen LogP contribution is 2.16. The number of nitrogens with zero attached hydrogens (tertiary/aromatic N) is 3. The lowest BCUT2D eigenvalue weighted by Gasteiger charge is -1.98. The van der Waals surface area contributed by atoms with Crippen molar-refractivity contribution in [3.63, 3.8) is 0 Å². The maximum Gasteiger partial charge on any atom is 0.157 e. The highest BCUT2D eigenvalue weighted by atomic mass is 32.1. The zero-order chi connectivity index (χ0) is 14.7. The largest absolute Gasteiger partial charge is 0.268 e. The van der Waals surface area contributed by atoms with E-state index < -0.39 is 0 Å². The summed E-state index contributed by atoms with van der Waals surface area (Å²) in [7, 11) is 0. The lowest BCUT2D eigenvalue weighted by atomic mass is 10.2. The van der Waals surface area contributed by atoms with Crippen molar-refractivity contribution in [1.82, 2.24) is 9.17 Å². The maximum absolute atomic E-state index is 4.75. The molecule has 0 aliphatic carbocycles. The predicted molar refractivity (Wildman–Crippen MR) is 87.6 cm³/mol. The molecular formula is C17H17N3S. The minimum Gasteiger partial charge on any atom is -0.268 e. The van der Waals surface area contributed by atoms with Crippen molar-refractivity contribution >= 4 is 11.5 Å². The van der Waals surface area contributed by atoms with E-state index in [1.807, 2.05) is 40.5 Å². The van der Waals surface area contributed by atoms with Crippen molar-refractivity contribution in [2.45, 2.75) is 19.9 Å². The summed E-state index contributed by atoms with van der Waals surface area (Å²) in [6.07, 6.45) is 0. The number of benzene rings is 2. The van der Waals surface area contributed by atoms with E-state index in [0.717, 1.165) is 21.6 Å². The first kappa shape index (κ1) is 13.8. The summed E-state index contributed by atoms with van der Waals surface area (Å²) in [6, 6.07) is 20.6. The van der Waals surface area contributed by atoms with Crippen LogP contribution in [0.3, 0.4) is 0 Å². The molecule has 3 rings (SSSR count). The van der Waals surface area contributed by atoms with Crippen molar-refractivity contribution < 1.29 is 0 Å². The first-order chi connectivity index (χ1) is 10.2. The molecule has 106 valence electrons. The number of hydrogen-bond acceptors (Lipinski definition) is 3. The van der Waals surface area contributed by atoms with Gasteiger partial charge in [-0.1, -0.05) is 48.5 Å². The first-order valence-corrected chi connectivity index (χ1v) is 7.77. The minimum absolute atomic E-state index is 0.247. The van der Waals surface area contributed by atoms with Gasteiger partial charge in [0.2, 0.25) is 0 Å². The summed E-state index contributed by atoms with van der Waals surface area (Å²) in [5.74, 6) is 0. The standard InChI is InChI=1S/C17H17N3S/c1-13(2)18-17-16(14-9-5-3-6-10-14)19-20(21-17)15-11-7-4-8-12-15/h3-13H,1-2H3. The molecule has 0 amide bonds. The topological polar surface area (TPSA) is 30.2 Å². The number of hydrogen-bond donors (Lipinski definition) is 0. The molecular weight excluding hydrogens is 278 g/mol. The molecule has 1 heterocycles. The summed E-state index contributed by atoms with van der Waals surface area (Å²) in [5.41, 5.74) is 3.10. The highest BCUT2D eigenvalue weighted by Gasteiger charge is 2.09. The minimum atomic E-state index is 0.247. The van der Waals surface area contributed by atoms with Crippen LogP contribution in [0, 0.1) is 0 Å². The van der Waals surface area contributed by atoms with Gasteiger partial charge in [0.25, 0.3) is 0 Å². The quantitative estimate of drug-likeness (QED) is 0.720. The van der Waals surface area contributed by atoms with Crippen LogP contribution in [0.5, 0.6) is 0 Å². The van der Waals surface area contributed by atoms with Gasteiger partial charge in [-0.2, -0.15) is 9.17 Å². The molecule has 0 unspecified atom stereocenters. The Bertz CT molecular complexity index is 771. The second-order valence-electron chi connectivity index (χ2n) is 5.04. The molecule has 0 radical (unpaired) electrons. The van der Waals surface area contributed by atoms with Crippen molar-refractivity contribution in [3.05, 3.63) is 65.3 Å². The van der Waals surface area contributed by atoms with Gasteiger partial charge in [0.05, 0.1) is 5.69 Å². The molecule has 0 fully saturated rings. The van der Waals surface area contributed by atoms with Crippen LogP contribution in [0.15, 0.2) is 65.7 Å². The van der Waals surface area contributed by atoms with Crippen molar-refractivity contribution in [2.24, 2.45) is 4.99 Å². The fourth-order valence-electron chi connectivity index (χ4n) is 2.04. The van der Waals surface area contributed by atoms with E-state index in [2.05, 4.69) is 38.1 Å². The molecule has 1 aromatic heterocycles. The monoisotopic (exact) mass is 295 g/mol. The Labute approximate surface area is 128 Å². The second kappa shape index (κ2) is 6.06. The van der Waals surface area contributed by atoms with E-state index >= 15 is 0 Å². The van der Waals surface area contributed by atoms with Gasteiger partial charge in [-0.05, 0) is 37.5 Å². The van der Waals surface area contributed by atoms with Crippen molar-refractivity contribution in [1.29, 1.82) is 0 Å². The highest BCUT2D eigenvalue weighted by molar-refractivity contribution is 7.04. The molecule has 2 aromatic carbocycles. The Morgan fingerprint density at radius 3 is 2.19 bits per heavy atom. The van der Waals surface area contributed by atoms with Gasteiger partial charge in [-0.15, -0.1) is 0 Å². The third kappa shape index (κ3) is 3.11. The van der Waals surface area contributed by atoms with E-state index in [1.54, 1.807) is 11.5 Å². The van der Waals surface area contributed by atoms with E-state index in [0.29, 0.717) is 0 Å². The summed E-state index contributed by atoms with van der Waals surface area (Å²) in [4.78, 5) is 4.72. The van der Waals surface area contributed by atoms with Crippen LogP contribution in [0.2, 0.25) is 0 Å². The van der Waals surface area contributed by atoms with Gasteiger partial charge in [0.15, 0.2) is 4.67 Å². The lowest BCUT2D eigenvalue weighted by molar-refractivity contribution is 0.812. The Balaban J connectivity index is 2.17. The fraction of sp³-hybridized carbons (Fsp3) is 0.176. The Kier molecular flexibility index (Phi) is 3.97. The van der Waals surface area contributed by atoms with Gasteiger partial charge >= 0.3 is 0 Å². The summed E-state index contributed by atoms with van der Waals surface area (Å²) >= 11 is 1.57. The van der Waals surface area contributed by atoms with E-state index in [-0.39, 0.29) is 6.04 Å². The molecule has 0 bridgehead atoms. The molecule has 0 aliphatic rings. The van der Waals surface area contributed by atoms with Gasteiger partial charge in [-0.3, -0.25) is 4.99 Å². The normalized spacial score (nSPS) is 12.0. The van der Waals surface area contributed by atoms with Crippen LogP contribution in [0.4, 0.5) is 0 Å². The second-order valence-corrected chi connectivity index (χ2v) is 5.96. The molecule has 4 heteroatoms. The lowest BCUT2D eigenvalue weighted by Crippen LogP contribution is -2.04. The number of rotatable bonds is 3. The van der Waals surface area contributed by atoms with E-state index in [1.165, 1.54) is 0 Å². The van der Waals surface area contributed by atoms with Crippen LogP contribution in [0.1, 0.15) is 13.8 Å². The van der Waals surface area contributed by atoms with Crippen molar-refractivity contribution in [3.8, 4) is 16.9 Å². The summed E-state index contributed by atoms with van der Waals surface area (Å²) in [6.45, 7) is 4.17. The predicted octanol–water partition coefficient (Wildman–Crippen LogP) is 3.91. The van der Waals surface area contributed by atoms with Crippen LogP contribution < -0.4 is 4.67 Å². The molecule has 0 saturated heterocycles. The Hall–Kier alpha value is -2.20. The molecule has 0 spiro atoms. The maximum atomic E-state index is 4.75. The SMILES string of the molecule is CC(C)N=c1sn(-c2ccccc2)nc1-c1ccccc1. The molecule has 0 atom stereocenters. The van der Waals surface area contributed by atoms with Crippen LogP contribution in [0.25, 0.3) is 16.9 Å². The van der Waals surface area contributed by atoms with E-state index in [4.69, 9.17) is 10.1 Å². The summed E-state index contributed by atoms with van der Waals surface area (Å²) < 4.78 is 2.91. The Morgan fingerprint density at radius 2 is 1.57 bits per heavy atom. The zero-order valence-corrected chi connectivity index (χ0v) is 12.9. The molecule has 3 aromatic rings. The fourth-order valence-corrected chi connectivity index (χ4v) is 3.06. The molecule has 0 aliphatic heterocycles. The molecule has 0 N–H and O–H groups in total. The smallest absolute Gasteiger partial charge is 0.157 e. The Morgan fingerprint density at radius 1 is 0.952 bits per heavy atom. The van der Waals surface area contributed by atoms with Crippen LogP contribution in [-0.2, 0) is 0 Å². The average molecular weight is 295 g/mol. The number of para-hydroxylation sites is 1. The van der Waals surface area contributed by atoms with Crippen LogP contribution in [-0.4, -0.2) is 15.2 Å². The van der Waals surface area contributed by atoms with Gasteiger partial charge < -0.3 is 0 Å². The average Bonchev–Trinajstić information content (AvgIpc) is 2.92. The molecule has 0 saturated carbocycles. The van der Waals surface area contributed by atoms with Crippen molar-refractivity contribution in [2.75, 3.05) is 0 Å². The number of aromatic nitrogens is 2. The molecule has 21 heavy (non-hydrogen) atoms. The first-order valence-electron chi connectivity index (χ1n) is 6.99. The van der Waals surface area contributed by atoms with Crippen LogP contribution >= 0.6 is 11.5 Å². The van der Waals surface area contributed by atoms with Gasteiger partial charge in [0, 0.05) is 11.6 Å². The summed E-state index contributed by atoms with van der Waals surface area (Å²) in [5, 5.41) is 4.75. The third-order valence-electron chi connectivity index (χ3n) is 2.97. The van der Waals surface area contributed by atoms with Gasteiger partial charge in [0.1, 0.15) is 5.69 Å². The van der Waals surface area contributed by atoms with E-state index in [9.17, 15) is 0 Å². The third-order valence-corrected chi connectivity index (χ3v) is 3.90. The van der Waals surface area contributed by atoms with Gasteiger partial charge in [-0.25, -0.2) is 0 Å².